The second kappa shape index (κ2) is 6.78. The van der Waals surface area contributed by atoms with Gasteiger partial charge in [-0.05, 0) is 31.0 Å². The van der Waals surface area contributed by atoms with Crippen LogP contribution in [0.3, 0.4) is 0 Å². The molecule has 0 aromatic heterocycles. The Morgan fingerprint density at radius 1 is 1.21 bits per heavy atom. The highest BCUT2D eigenvalue weighted by Gasteiger charge is 2.10. The lowest BCUT2D eigenvalue weighted by molar-refractivity contribution is 0.280. The molecule has 1 aromatic carbocycles. The molecular weight excluding hydrogens is 263 g/mol. The normalized spacial score (nSPS) is 11.8. The van der Waals surface area contributed by atoms with Crippen LogP contribution in [0.15, 0.2) is 18.2 Å². The first-order chi connectivity index (χ1) is 8.91. The second-order valence-corrected chi connectivity index (χ2v) is 8.24. The lowest BCUT2D eigenvalue weighted by Gasteiger charge is -2.12. The molecule has 0 atom stereocenters. The molecule has 0 aliphatic rings. The summed E-state index contributed by atoms with van der Waals surface area (Å²) in [7, 11) is 1.06. The van der Waals surface area contributed by atoms with Gasteiger partial charge in [0.25, 0.3) is 0 Å². The number of rotatable bonds is 6. The summed E-state index contributed by atoms with van der Waals surface area (Å²) in [5.41, 5.74) is 1.51. The van der Waals surface area contributed by atoms with E-state index in [4.69, 9.17) is 9.47 Å². The number of aliphatic hydroxyl groups excluding tert-OH is 1. The van der Waals surface area contributed by atoms with Crippen molar-refractivity contribution >= 4 is 13.2 Å². The van der Waals surface area contributed by atoms with E-state index in [9.17, 15) is 9.67 Å². The Hall–Kier alpha value is -1.25. The maximum atomic E-state index is 11.7. The number of aliphatic hydroxyl groups is 1. The maximum absolute atomic E-state index is 11.7. The molecule has 106 valence electrons. The number of hydrogen-bond donors (Lipinski definition) is 1. The van der Waals surface area contributed by atoms with E-state index < -0.39 is 7.14 Å². The van der Waals surface area contributed by atoms with Gasteiger partial charge in [0.2, 0.25) is 0 Å². The summed E-state index contributed by atoms with van der Waals surface area (Å²) in [6.45, 7) is 3.43. The molecule has 0 bridgehead atoms. The lowest BCUT2D eigenvalue weighted by atomic mass is 10.1. The molecule has 5 heteroatoms. The predicted octanol–water partition coefficient (Wildman–Crippen LogP) is 2.83. The molecule has 0 aliphatic heterocycles. The quantitative estimate of drug-likeness (QED) is 0.816. The van der Waals surface area contributed by atoms with Crippen LogP contribution in [0.2, 0.25) is 0 Å². The second-order valence-electron chi connectivity index (χ2n) is 4.73. The van der Waals surface area contributed by atoms with Gasteiger partial charge in [-0.15, -0.1) is 0 Å². The van der Waals surface area contributed by atoms with Crippen molar-refractivity contribution in [2.24, 2.45) is 0 Å². The summed E-state index contributed by atoms with van der Waals surface area (Å²) in [5.74, 6) is 1.25. The van der Waals surface area contributed by atoms with Gasteiger partial charge in [0, 0.05) is 6.16 Å². The van der Waals surface area contributed by atoms with E-state index >= 15 is 0 Å². The van der Waals surface area contributed by atoms with Gasteiger partial charge in [0.05, 0.1) is 33.5 Å². The largest absolute Gasteiger partial charge is 0.496 e. The van der Waals surface area contributed by atoms with E-state index in [-0.39, 0.29) is 6.61 Å². The zero-order valence-corrected chi connectivity index (χ0v) is 12.7. The maximum Gasteiger partial charge on any atom is 0.130 e. The summed E-state index contributed by atoms with van der Waals surface area (Å²) in [6, 6.07) is 3.53. The molecule has 0 amide bonds. The minimum Gasteiger partial charge on any atom is -0.496 e. The molecule has 0 saturated carbocycles. The van der Waals surface area contributed by atoms with Gasteiger partial charge in [-0.25, -0.2) is 0 Å². The Morgan fingerprint density at radius 3 is 2.11 bits per heavy atom. The average Bonchev–Trinajstić information content (AvgIpc) is 2.37. The Bertz CT molecular complexity index is 477. The zero-order chi connectivity index (χ0) is 14.5. The number of hydrogen-bond acceptors (Lipinski definition) is 4. The molecule has 0 saturated heterocycles. The Balaban J connectivity index is 3.14. The van der Waals surface area contributed by atoms with Crippen molar-refractivity contribution < 1.29 is 19.1 Å². The van der Waals surface area contributed by atoms with Crippen LogP contribution in [0.4, 0.5) is 0 Å². The van der Waals surface area contributed by atoms with Crippen molar-refractivity contribution in [3.8, 4) is 11.5 Å². The van der Waals surface area contributed by atoms with Gasteiger partial charge in [0.15, 0.2) is 0 Å². The number of allylic oxidation sites excluding steroid dienone is 1. The first kappa shape index (κ1) is 15.8. The molecule has 0 fully saturated rings. The summed E-state index contributed by atoms with van der Waals surface area (Å²) in [5, 5.41) is 9.19. The van der Waals surface area contributed by atoms with Crippen LogP contribution in [0.1, 0.15) is 11.1 Å². The highest BCUT2D eigenvalue weighted by molar-refractivity contribution is 7.62. The fourth-order valence-corrected chi connectivity index (χ4v) is 2.29. The minimum absolute atomic E-state index is 0.0736. The first-order valence-corrected chi connectivity index (χ1v) is 8.76. The molecule has 1 rings (SSSR count). The van der Waals surface area contributed by atoms with E-state index in [0.29, 0.717) is 17.7 Å². The van der Waals surface area contributed by atoms with Crippen LogP contribution in [0, 0.1) is 0 Å². The lowest BCUT2D eigenvalue weighted by Crippen LogP contribution is -1.96. The molecule has 1 N–H and O–H groups in total. The van der Waals surface area contributed by atoms with Crippen LogP contribution in [0.5, 0.6) is 11.5 Å². The monoisotopic (exact) mass is 284 g/mol. The number of benzene rings is 1. The Kier molecular flexibility index (Phi) is 5.64. The zero-order valence-electron chi connectivity index (χ0n) is 11.8. The topological polar surface area (TPSA) is 55.8 Å². The van der Waals surface area contributed by atoms with E-state index in [1.165, 1.54) is 0 Å². The summed E-state index contributed by atoms with van der Waals surface area (Å²) in [4.78, 5) is 0. The molecular formula is C14H21O4P. The third-order valence-electron chi connectivity index (χ3n) is 2.62. The molecule has 19 heavy (non-hydrogen) atoms. The van der Waals surface area contributed by atoms with Gasteiger partial charge in [-0.2, -0.15) is 0 Å². The van der Waals surface area contributed by atoms with Crippen LogP contribution >= 0.6 is 7.14 Å². The van der Waals surface area contributed by atoms with Crippen LogP contribution in [-0.4, -0.2) is 38.8 Å². The third-order valence-corrected chi connectivity index (χ3v) is 3.71. The number of methoxy groups -OCH3 is 2. The number of ether oxygens (including phenoxy) is 2. The summed E-state index contributed by atoms with van der Waals surface area (Å²) in [6.07, 6.45) is 4.24. The van der Waals surface area contributed by atoms with Gasteiger partial charge in [-0.3, -0.25) is 0 Å². The van der Waals surface area contributed by atoms with Crippen molar-refractivity contribution in [2.45, 2.75) is 6.61 Å². The fraction of sp³-hybridized carbons (Fsp3) is 0.429. The molecule has 4 nitrogen and oxygen atoms in total. The van der Waals surface area contributed by atoms with Gasteiger partial charge >= 0.3 is 0 Å². The fourth-order valence-electron chi connectivity index (χ4n) is 1.67. The molecule has 0 radical (unpaired) electrons. The molecule has 0 aliphatic carbocycles. The third kappa shape index (κ3) is 4.73. The van der Waals surface area contributed by atoms with E-state index in [1.807, 2.05) is 12.2 Å². The van der Waals surface area contributed by atoms with Gasteiger partial charge < -0.3 is 19.1 Å². The van der Waals surface area contributed by atoms with E-state index in [1.54, 1.807) is 39.7 Å². The van der Waals surface area contributed by atoms with Crippen LogP contribution in [-0.2, 0) is 11.2 Å². The minimum atomic E-state index is -2.07. The SMILES string of the molecule is COc1cc(CO)cc(OC)c1/C=C/CP(C)(C)=O. The standard InChI is InChI=1S/C14H21O4P/c1-17-13-8-11(10-15)9-14(18-2)12(13)6-5-7-19(3,4)16/h5-6,8-9,15H,7,10H2,1-4H3/b6-5+. The highest BCUT2D eigenvalue weighted by atomic mass is 31.2. The van der Waals surface area contributed by atoms with E-state index in [2.05, 4.69) is 0 Å². The van der Waals surface area contributed by atoms with E-state index in [0.717, 1.165) is 11.1 Å². The highest BCUT2D eigenvalue weighted by Crippen LogP contribution is 2.37. The molecule has 1 aromatic rings. The van der Waals surface area contributed by atoms with Gasteiger partial charge in [-0.1, -0.05) is 12.2 Å². The summed E-state index contributed by atoms with van der Waals surface area (Å²) < 4.78 is 22.3. The first-order valence-electron chi connectivity index (χ1n) is 5.97. The molecule has 0 heterocycles. The predicted molar refractivity (Wildman–Crippen MR) is 78.8 cm³/mol. The summed E-state index contributed by atoms with van der Waals surface area (Å²) >= 11 is 0. The van der Waals surface area contributed by atoms with Gasteiger partial charge in [0.1, 0.15) is 11.5 Å². The van der Waals surface area contributed by atoms with Crippen LogP contribution < -0.4 is 9.47 Å². The van der Waals surface area contributed by atoms with Crippen molar-refractivity contribution in [3.05, 3.63) is 29.3 Å². The van der Waals surface area contributed by atoms with Crippen molar-refractivity contribution in [3.63, 3.8) is 0 Å². The Morgan fingerprint density at radius 2 is 1.74 bits per heavy atom. The van der Waals surface area contributed by atoms with Crippen molar-refractivity contribution in [1.82, 2.24) is 0 Å². The average molecular weight is 284 g/mol. The van der Waals surface area contributed by atoms with Crippen molar-refractivity contribution in [2.75, 3.05) is 33.7 Å². The van der Waals surface area contributed by atoms with Crippen molar-refractivity contribution in [1.29, 1.82) is 0 Å². The Labute approximate surface area is 114 Å². The molecule has 0 unspecified atom stereocenters. The van der Waals surface area contributed by atoms with Crippen LogP contribution in [0.25, 0.3) is 6.08 Å². The molecule has 0 spiro atoms. The smallest absolute Gasteiger partial charge is 0.130 e.